The highest BCUT2D eigenvalue weighted by Crippen LogP contribution is 2.21. The molecular formula is C10H9BrN2O3S. The Morgan fingerprint density at radius 3 is 2.76 bits per heavy atom. The number of nitrogens with two attached hydrogens (primary N) is 1. The van der Waals surface area contributed by atoms with E-state index in [-0.39, 0.29) is 17.3 Å². The number of rotatable bonds is 3. The van der Waals surface area contributed by atoms with Crippen LogP contribution in [0, 0.1) is 0 Å². The van der Waals surface area contributed by atoms with Crippen molar-refractivity contribution in [1.29, 1.82) is 0 Å². The van der Waals surface area contributed by atoms with Crippen LogP contribution in [0.5, 0.6) is 5.75 Å². The summed E-state index contributed by atoms with van der Waals surface area (Å²) in [5, 5.41) is 0. The fourth-order valence-electron chi connectivity index (χ4n) is 1.29. The largest absolute Gasteiger partial charge is 0.488 e. The number of halogens is 1. The Morgan fingerprint density at radius 1 is 1.41 bits per heavy atom. The molecule has 0 aromatic heterocycles. The highest BCUT2D eigenvalue weighted by Gasteiger charge is 2.23. The normalized spacial score (nSPS) is 17.5. The molecule has 5 nitrogen and oxygen atoms in total. The number of sulfonamides is 1. The summed E-state index contributed by atoms with van der Waals surface area (Å²) in [6.45, 7) is -0.0804. The maximum absolute atomic E-state index is 11.4. The van der Waals surface area contributed by atoms with Crippen LogP contribution in [0.2, 0.25) is 0 Å². The van der Waals surface area contributed by atoms with Crippen LogP contribution in [0.1, 0.15) is 0 Å². The monoisotopic (exact) mass is 316 g/mol. The number of hydrogen-bond donors (Lipinski definition) is 1. The minimum absolute atomic E-state index is 0.0159. The number of ether oxygens (including phenoxy) is 1. The molecule has 90 valence electrons. The Kier molecular flexibility index (Phi) is 3.21. The molecule has 0 saturated heterocycles. The van der Waals surface area contributed by atoms with Crippen molar-refractivity contribution in [2.75, 3.05) is 6.61 Å². The Hall–Kier alpha value is -1.34. The summed E-state index contributed by atoms with van der Waals surface area (Å²) in [6.07, 6.45) is 1.30. The molecule has 0 fully saturated rings. The molecule has 1 aromatic rings. The van der Waals surface area contributed by atoms with E-state index in [1.165, 1.54) is 6.08 Å². The van der Waals surface area contributed by atoms with Crippen molar-refractivity contribution in [2.45, 2.75) is 0 Å². The van der Waals surface area contributed by atoms with Gasteiger partial charge in [-0.15, -0.1) is 4.40 Å². The second kappa shape index (κ2) is 4.50. The summed E-state index contributed by atoms with van der Waals surface area (Å²) in [5.74, 6) is 0.554. The lowest BCUT2D eigenvalue weighted by molar-refractivity contribution is 0.358. The molecule has 0 radical (unpaired) electrons. The first-order chi connectivity index (χ1) is 7.97. The van der Waals surface area contributed by atoms with Gasteiger partial charge in [0, 0.05) is 10.5 Å². The molecule has 1 heterocycles. The van der Waals surface area contributed by atoms with Crippen molar-refractivity contribution >= 4 is 31.8 Å². The van der Waals surface area contributed by atoms with Gasteiger partial charge in [0.2, 0.25) is 0 Å². The Labute approximate surface area is 107 Å². The zero-order chi connectivity index (χ0) is 12.5. The highest BCUT2D eigenvalue weighted by atomic mass is 79.9. The average molecular weight is 317 g/mol. The lowest BCUT2D eigenvalue weighted by Crippen LogP contribution is -2.07. The molecule has 17 heavy (non-hydrogen) atoms. The van der Waals surface area contributed by atoms with E-state index in [0.717, 1.165) is 4.47 Å². The third-order valence-electron chi connectivity index (χ3n) is 2.04. The average Bonchev–Trinajstić information content (AvgIpc) is 2.48. The van der Waals surface area contributed by atoms with Gasteiger partial charge in [0.05, 0.1) is 0 Å². The minimum atomic E-state index is -3.63. The zero-order valence-corrected chi connectivity index (χ0v) is 11.0. The molecule has 0 atom stereocenters. The van der Waals surface area contributed by atoms with Crippen molar-refractivity contribution in [1.82, 2.24) is 0 Å². The molecule has 0 amide bonds. The number of benzene rings is 1. The van der Waals surface area contributed by atoms with Gasteiger partial charge in [0.1, 0.15) is 23.1 Å². The summed E-state index contributed by atoms with van der Waals surface area (Å²) in [6, 6.07) is 7.12. The van der Waals surface area contributed by atoms with E-state index >= 15 is 0 Å². The maximum Gasteiger partial charge on any atom is 0.283 e. The van der Waals surface area contributed by atoms with Crippen LogP contribution in [0.25, 0.3) is 0 Å². The molecule has 1 aliphatic rings. The predicted octanol–water partition coefficient (Wildman–Crippen LogP) is 1.41. The van der Waals surface area contributed by atoms with Crippen LogP contribution in [0.3, 0.4) is 0 Å². The SMILES string of the molecule is NC1=NS(=O)(=O)C(COc2cccc(Br)c2)=C1. The van der Waals surface area contributed by atoms with Gasteiger partial charge < -0.3 is 10.5 Å². The Morgan fingerprint density at radius 2 is 2.18 bits per heavy atom. The summed E-state index contributed by atoms with van der Waals surface area (Å²) in [7, 11) is -3.63. The zero-order valence-electron chi connectivity index (χ0n) is 8.63. The van der Waals surface area contributed by atoms with E-state index in [2.05, 4.69) is 20.3 Å². The highest BCUT2D eigenvalue weighted by molar-refractivity contribution is 9.10. The first kappa shape index (κ1) is 12.1. The molecule has 1 aromatic carbocycles. The van der Waals surface area contributed by atoms with Crippen LogP contribution >= 0.6 is 15.9 Å². The van der Waals surface area contributed by atoms with Gasteiger partial charge in [-0.1, -0.05) is 22.0 Å². The van der Waals surface area contributed by atoms with Gasteiger partial charge in [0.15, 0.2) is 0 Å². The molecule has 2 rings (SSSR count). The van der Waals surface area contributed by atoms with Crippen LogP contribution < -0.4 is 10.5 Å². The molecule has 0 aliphatic carbocycles. The van der Waals surface area contributed by atoms with Crippen molar-refractivity contribution in [3.8, 4) is 5.75 Å². The minimum Gasteiger partial charge on any atom is -0.488 e. The summed E-state index contributed by atoms with van der Waals surface area (Å²) < 4.78 is 32.4. The molecule has 0 bridgehead atoms. The molecule has 1 aliphatic heterocycles. The fourth-order valence-corrected chi connectivity index (χ4v) is 2.59. The van der Waals surface area contributed by atoms with E-state index in [4.69, 9.17) is 10.5 Å². The summed E-state index contributed by atoms with van der Waals surface area (Å²) in [5.41, 5.74) is 5.33. The van der Waals surface area contributed by atoms with Crippen molar-refractivity contribution < 1.29 is 13.2 Å². The van der Waals surface area contributed by atoms with E-state index in [9.17, 15) is 8.42 Å². The topological polar surface area (TPSA) is 81.8 Å². The number of hydrogen-bond acceptors (Lipinski definition) is 4. The third-order valence-corrected chi connectivity index (χ3v) is 3.89. The Balaban J connectivity index is 2.08. The Bertz CT molecular complexity index is 608. The van der Waals surface area contributed by atoms with Gasteiger partial charge in [-0.3, -0.25) is 0 Å². The van der Waals surface area contributed by atoms with E-state index in [1.807, 2.05) is 6.07 Å². The van der Waals surface area contributed by atoms with Gasteiger partial charge in [-0.2, -0.15) is 8.42 Å². The van der Waals surface area contributed by atoms with Gasteiger partial charge >= 0.3 is 0 Å². The van der Waals surface area contributed by atoms with Crippen LogP contribution in [0.15, 0.2) is 44.1 Å². The van der Waals surface area contributed by atoms with E-state index in [0.29, 0.717) is 5.75 Å². The molecule has 2 N–H and O–H groups in total. The second-order valence-electron chi connectivity index (χ2n) is 3.35. The summed E-state index contributed by atoms with van der Waals surface area (Å²) >= 11 is 3.29. The smallest absolute Gasteiger partial charge is 0.283 e. The quantitative estimate of drug-likeness (QED) is 0.914. The van der Waals surface area contributed by atoms with Crippen LogP contribution in [-0.2, 0) is 10.0 Å². The van der Waals surface area contributed by atoms with Crippen LogP contribution in [0.4, 0.5) is 0 Å². The number of nitrogens with zero attached hydrogens (tertiary/aromatic N) is 1. The standard InChI is InChI=1S/C10H9BrN2O3S/c11-7-2-1-3-8(4-7)16-6-9-5-10(12)13-17(9,14)15/h1-5H,6H2,(H2,12,13). The molecule has 7 heteroatoms. The van der Waals surface area contributed by atoms with Gasteiger partial charge in [0.25, 0.3) is 10.0 Å². The number of amidine groups is 1. The predicted molar refractivity (Wildman–Crippen MR) is 68.3 cm³/mol. The fraction of sp³-hybridized carbons (Fsp3) is 0.100. The van der Waals surface area contributed by atoms with Gasteiger partial charge in [-0.05, 0) is 18.2 Å². The van der Waals surface area contributed by atoms with Crippen LogP contribution in [-0.4, -0.2) is 20.9 Å². The maximum atomic E-state index is 11.4. The molecule has 0 unspecified atom stereocenters. The van der Waals surface area contributed by atoms with Crippen molar-refractivity contribution in [3.05, 3.63) is 39.7 Å². The van der Waals surface area contributed by atoms with Crippen molar-refractivity contribution in [2.24, 2.45) is 10.1 Å². The molecule has 0 saturated carbocycles. The molecule has 0 spiro atoms. The van der Waals surface area contributed by atoms with E-state index in [1.54, 1.807) is 18.2 Å². The third kappa shape index (κ3) is 2.86. The lowest BCUT2D eigenvalue weighted by atomic mass is 10.3. The first-order valence-electron chi connectivity index (χ1n) is 4.67. The molecular weight excluding hydrogens is 308 g/mol. The van der Waals surface area contributed by atoms with E-state index < -0.39 is 10.0 Å². The second-order valence-corrected chi connectivity index (χ2v) is 5.92. The summed E-state index contributed by atoms with van der Waals surface area (Å²) in [4.78, 5) is 0.0648. The van der Waals surface area contributed by atoms with Gasteiger partial charge in [-0.25, -0.2) is 0 Å². The first-order valence-corrected chi connectivity index (χ1v) is 6.90. The van der Waals surface area contributed by atoms with Crippen molar-refractivity contribution in [3.63, 3.8) is 0 Å². The lowest BCUT2D eigenvalue weighted by Gasteiger charge is -2.06.